The van der Waals surface area contributed by atoms with E-state index >= 15 is 0 Å². The molecule has 1 amide bonds. The fraction of sp³-hybridized carbons (Fsp3) is 0.235. The van der Waals surface area contributed by atoms with Crippen molar-refractivity contribution in [3.8, 4) is 11.8 Å². The summed E-state index contributed by atoms with van der Waals surface area (Å²) >= 11 is 0. The van der Waals surface area contributed by atoms with E-state index < -0.39 is 15.7 Å². The molecule has 1 heterocycles. The number of carbonyl (C=O) groups excluding carboxylic acids is 1. The third-order valence-electron chi connectivity index (χ3n) is 3.37. The van der Waals surface area contributed by atoms with Gasteiger partial charge in [0.1, 0.15) is 24.0 Å². The van der Waals surface area contributed by atoms with Gasteiger partial charge >= 0.3 is 0 Å². The summed E-state index contributed by atoms with van der Waals surface area (Å²) < 4.78 is 30.2. The van der Waals surface area contributed by atoms with Crippen molar-refractivity contribution in [3.63, 3.8) is 0 Å². The highest BCUT2D eigenvalue weighted by Crippen LogP contribution is 2.27. The molecule has 0 aliphatic rings. The SMILES string of the molecule is CC(C)(COc1cccc(NS(N)(=O)=O)c1C#N)NC(=O)c1ccncc1. The quantitative estimate of drug-likeness (QED) is 0.647. The highest BCUT2D eigenvalue weighted by Gasteiger charge is 2.23. The van der Waals surface area contributed by atoms with E-state index in [1.807, 2.05) is 6.07 Å². The van der Waals surface area contributed by atoms with Gasteiger partial charge in [0.05, 0.1) is 11.2 Å². The maximum atomic E-state index is 12.3. The van der Waals surface area contributed by atoms with Crippen LogP contribution in [0.25, 0.3) is 0 Å². The molecule has 2 rings (SSSR count). The minimum absolute atomic E-state index is 0.0103. The summed E-state index contributed by atoms with van der Waals surface area (Å²) in [4.78, 5) is 16.1. The first kappa shape index (κ1) is 20.2. The van der Waals surface area contributed by atoms with Gasteiger partial charge in [0.25, 0.3) is 16.1 Å². The number of nitrogens with two attached hydrogens (primary N) is 1. The number of nitrogens with one attached hydrogen (secondary N) is 2. The molecule has 1 aromatic carbocycles. The number of anilines is 1. The summed E-state index contributed by atoms with van der Waals surface area (Å²) in [7, 11) is -4.04. The van der Waals surface area contributed by atoms with Crippen molar-refractivity contribution in [3.05, 3.63) is 53.9 Å². The number of pyridine rings is 1. The second-order valence-corrected chi connectivity index (χ2v) is 7.59. The number of aromatic nitrogens is 1. The lowest BCUT2D eigenvalue weighted by Crippen LogP contribution is -2.47. The first-order valence-corrected chi connectivity index (χ1v) is 9.35. The van der Waals surface area contributed by atoms with Crippen LogP contribution in [0.15, 0.2) is 42.7 Å². The van der Waals surface area contributed by atoms with E-state index in [1.54, 1.807) is 26.0 Å². The Labute approximate surface area is 157 Å². The van der Waals surface area contributed by atoms with Gasteiger partial charge in [-0.25, -0.2) is 5.14 Å². The van der Waals surface area contributed by atoms with E-state index in [1.165, 1.54) is 30.6 Å². The summed E-state index contributed by atoms with van der Waals surface area (Å²) in [6.07, 6.45) is 3.03. The molecule has 4 N–H and O–H groups in total. The largest absolute Gasteiger partial charge is 0.490 e. The molecular weight excluding hydrogens is 370 g/mol. The number of hydrogen-bond donors (Lipinski definition) is 3. The van der Waals surface area contributed by atoms with Crippen molar-refractivity contribution < 1.29 is 17.9 Å². The monoisotopic (exact) mass is 389 g/mol. The van der Waals surface area contributed by atoms with Crippen LogP contribution in [-0.4, -0.2) is 31.5 Å². The van der Waals surface area contributed by atoms with Crippen molar-refractivity contribution in [2.75, 3.05) is 11.3 Å². The van der Waals surface area contributed by atoms with Crippen LogP contribution in [-0.2, 0) is 10.2 Å². The summed E-state index contributed by atoms with van der Waals surface area (Å²) in [6, 6.07) is 9.50. The Balaban J connectivity index is 2.12. The lowest BCUT2D eigenvalue weighted by atomic mass is 10.1. The van der Waals surface area contributed by atoms with Gasteiger partial charge in [-0.15, -0.1) is 0 Å². The zero-order chi connectivity index (χ0) is 20.1. The lowest BCUT2D eigenvalue weighted by molar-refractivity contribution is 0.0880. The van der Waals surface area contributed by atoms with Gasteiger partial charge in [-0.1, -0.05) is 6.07 Å². The van der Waals surface area contributed by atoms with Crippen molar-refractivity contribution in [2.45, 2.75) is 19.4 Å². The molecule has 1 aromatic heterocycles. The van der Waals surface area contributed by atoms with E-state index in [4.69, 9.17) is 9.88 Å². The maximum absolute atomic E-state index is 12.3. The van der Waals surface area contributed by atoms with Gasteiger partial charge in [0.2, 0.25) is 0 Å². The normalized spacial score (nSPS) is 11.3. The Bertz CT molecular complexity index is 969. The lowest BCUT2D eigenvalue weighted by Gasteiger charge is -2.26. The van der Waals surface area contributed by atoms with Crippen LogP contribution in [0.4, 0.5) is 5.69 Å². The molecule has 0 fully saturated rings. The van der Waals surface area contributed by atoms with E-state index in [0.29, 0.717) is 5.56 Å². The molecule has 10 heteroatoms. The van der Waals surface area contributed by atoms with Crippen molar-refractivity contribution >= 4 is 21.8 Å². The van der Waals surface area contributed by atoms with Crippen LogP contribution in [0.2, 0.25) is 0 Å². The van der Waals surface area contributed by atoms with E-state index in [-0.39, 0.29) is 29.5 Å². The van der Waals surface area contributed by atoms with Crippen molar-refractivity contribution in [1.82, 2.24) is 10.3 Å². The number of rotatable bonds is 7. The second kappa shape index (κ2) is 8.03. The molecular formula is C17H19N5O4S. The Hall–Kier alpha value is -3.16. The highest BCUT2D eigenvalue weighted by molar-refractivity contribution is 7.90. The van der Waals surface area contributed by atoms with E-state index in [2.05, 4.69) is 15.0 Å². The number of nitriles is 1. The molecule has 0 bridgehead atoms. The summed E-state index contributed by atoms with van der Waals surface area (Å²) in [5.41, 5.74) is -0.315. The van der Waals surface area contributed by atoms with Crippen molar-refractivity contribution in [1.29, 1.82) is 5.26 Å². The molecule has 2 aromatic rings. The first-order valence-electron chi connectivity index (χ1n) is 7.80. The fourth-order valence-corrected chi connectivity index (χ4v) is 2.66. The van der Waals surface area contributed by atoms with Gasteiger partial charge in [-0.3, -0.25) is 14.5 Å². The average molecular weight is 389 g/mol. The number of nitrogens with zero attached hydrogens (tertiary/aromatic N) is 2. The molecule has 142 valence electrons. The van der Waals surface area contributed by atoms with Crippen molar-refractivity contribution in [2.24, 2.45) is 5.14 Å². The summed E-state index contributed by atoms with van der Waals surface area (Å²) in [5.74, 6) is -0.131. The third kappa shape index (κ3) is 5.95. The smallest absolute Gasteiger partial charge is 0.296 e. The third-order valence-corrected chi connectivity index (χ3v) is 3.88. The van der Waals surface area contributed by atoms with Crippen LogP contribution < -0.4 is 19.9 Å². The Morgan fingerprint density at radius 3 is 2.56 bits per heavy atom. The predicted molar refractivity (Wildman–Crippen MR) is 99.2 cm³/mol. The van der Waals surface area contributed by atoms with Gasteiger partial charge in [-0.05, 0) is 38.1 Å². The molecule has 27 heavy (non-hydrogen) atoms. The minimum atomic E-state index is -4.04. The van der Waals surface area contributed by atoms with E-state index in [0.717, 1.165) is 0 Å². The Morgan fingerprint density at radius 2 is 1.96 bits per heavy atom. The predicted octanol–water partition coefficient (Wildman–Crippen LogP) is 1.16. The molecule has 0 aliphatic heterocycles. The topological polar surface area (TPSA) is 147 Å². The number of carbonyl (C=O) groups is 1. The number of benzene rings is 1. The Kier molecular flexibility index (Phi) is 5.99. The Morgan fingerprint density at radius 1 is 1.30 bits per heavy atom. The van der Waals surface area contributed by atoms with Crippen LogP contribution in [0, 0.1) is 11.3 Å². The molecule has 9 nitrogen and oxygen atoms in total. The maximum Gasteiger partial charge on any atom is 0.296 e. The van der Waals surface area contributed by atoms with Crippen LogP contribution in [0.5, 0.6) is 5.75 Å². The fourth-order valence-electron chi connectivity index (χ4n) is 2.18. The summed E-state index contributed by atoms with van der Waals surface area (Å²) in [5, 5.41) is 17.1. The van der Waals surface area contributed by atoms with Gasteiger partial charge in [0, 0.05) is 18.0 Å². The van der Waals surface area contributed by atoms with Crippen LogP contribution in [0.1, 0.15) is 29.8 Å². The number of hydrogen-bond acceptors (Lipinski definition) is 6. The minimum Gasteiger partial charge on any atom is -0.490 e. The molecule has 0 saturated carbocycles. The van der Waals surface area contributed by atoms with E-state index in [9.17, 15) is 18.5 Å². The van der Waals surface area contributed by atoms with Crippen LogP contribution >= 0.6 is 0 Å². The molecule has 0 spiro atoms. The first-order chi connectivity index (χ1) is 12.6. The zero-order valence-electron chi connectivity index (χ0n) is 14.8. The molecule has 0 atom stereocenters. The van der Waals surface area contributed by atoms with Gasteiger partial charge in [-0.2, -0.15) is 13.7 Å². The molecule has 0 unspecified atom stereocenters. The summed E-state index contributed by atoms with van der Waals surface area (Å²) in [6.45, 7) is 3.55. The molecule has 0 radical (unpaired) electrons. The average Bonchev–Trinajstić information content (AvgIpc) is 2.59. The standard InChI is InChI=1S/C17H19N5O4S/c1-17(2,21-16(23)12-6-8-20-9-7-12)11-26-15-5-3-4-14(13(15)10-18)22-27(19,24)25/h3-9,22H,11H2,1-2H3,(H,21,23)(H2,19,24,25). The van der Waals surface area contributed by atoms with Crippen LogP contribution in [0.3, 0.4) is 0 Å². The zero-order valence-corrected chi connectivity index (χ0v) is 15.6. The van der Waals surface area contributed by atoms with Gasteiger partial charge < -0.3 is 10.1 Å². The highest BCUT2D eigenvalue weighted by atomic mass is 32.2. The molecule has 0 aliphatic carbocycles. The second-order valence-electron chi connectivity index (χ2n) is 6.30. The number of amides is 1. The number of ether oxygens (including phenoxy) is 1. The molecule has 0 saturated heterocycles. The van der Waals surface area contributed by atoms with Gasteiger partial charge in [0.15, 0.2) is 0 Å².